The molecule has 0 saturated heterocycles. The molecule has 3 rings (SSSR count). The molecule has 0 aliphatic carbocycles. The van der Waals surface area contributed by atoms with Crippen LogP contribution in [0.3, 0.4) is 0 Å². The highest BCUT2D eigenvalue weighted by Gasteiger charge is 2.35. The molecule has 2 aromatic rings. The van der Waals surface area contributed by atoms with Gasteiger partial charge in [0, 0.05) is 12.1 Å². The van der Waals surface area contributed by atoms with Gasteiger partial charge in [0.25, 0.3) is 17.7 Å². The second-order valence-electron chi connectivity index (χ2n) is 6.67. The topological polar surface area (TPSA) is 75.7 Å². The third-order valence-corrected chi connectivity index (χ3v) is 4.57. The fourth-order valence-electron chi connectivity index (χ4n) is 3.05. The minimum atomic E-state index is -0.359. The van der Waals surface area contributed by atoms with E-state index >= 15 is 0 Å². The maximum atomic E-state index is 12.7. The molecule has 28 heavy (non-hydrogen) atoms. The lowest BCUT2D eigenvalue weighted by Gasteiger charge is -2.12. The van der Waals surface area contributed by atoms with Crippen molar-refractivity contribution in [1.82, 2.24) is 4.90 Å². The summed E-state index contributed by atoms with van der Waals surface area (Å²) in [6, 6.07) is 11.8. The quantitative estimate of drug-likeness (QED) is 0.699. The summed E-state index contributed by atoms with van der Waals surface area (Å²) in [4.78, 5) is 38.9. The largest absolute Gasteiger partial charge is 0.491 e. The molecule has 0 radical (unpaired) electrons. The molecule has 0 spiro atoms. The molecular formula is C22H24N2O4. The van der Waals surface area contributed by atoms with Crippen LogP contribution in [0.25, 0.3) is 0 Å². The zero-order valence-electron chi connectivity index (χ0n) is 16.2. The van der Waals surface area contributed by atoms with Crippen LogP contribution in [0, 0.1) is 0 Å². The first kappa shape index (κ1) is 19.6. The summed E-state index contributed by atoms with van der Waals surface area (Å²) in [5.41, 5.74) is 1.52. The molecule has 3 amide bonds. The smallest absolute Gasteiger partial charge is 0.261 e. The van der Waals surface area contributed by atoms with E-state index in [-0.39, 0.29) is 23.3 Å². The van der Waals surface area contributed by atoms with Crippen LogP contribution >= 0.6 is 0 Å². The molecule has 0 aromatic heterocycles. The van der Waals surface area contributed by atoms with Crippen molar-refractivity contribution >= 4 is 23.4 Å². The predicted octanol–water partition coefficient (Wildman–Crippen LogP) is 4.12. The summed E-state index contributed by atoms with van der Waals surface area (Å²) in [7, 11) is 0. The normalized spacial score (nSPS) is 12.9. The van der Waals surface area contributed by atoms with Crippen molar-refractivity contribution in [2.45, 2.75) is 33.1 Å². The van der Waals surface area contributed by atoms with Crippen molar-refractivity contribution in [3.63, 3.8) is 0 Å². The molecule has 0 atom stereocenters. The third-order valence-electron chi connectivity index (χ3n) is 4.57. The number of nitrogens with zero attached hydrogens (tertiary/aromatic N) is 1. The SMILES string of the molecule is CCCCN1C(=O)c2ccc(C(=O)Nc3ccccc3OCCC)cc2C1=O. The van der Waals surface area contributed by atoms with Gasteiger partial charge in [-0.1, -0.05) is 32.4 Å². The number of benzene rings is 2. The predicted molar refractivity (Wildman–Crippen MR) is 107 cm³/mol. The number of fused-ring (bicyclic) bond motifs is 1. The minimum Gasteiger partial charge on any atom is -0.491 e. The van der Waals surface area contributed by atoms with E-state index in [2.05, 4.69) is 5.32 Å². The van der Waals surface area contributed by atoms with Crippen molar-refractivity contribution < 1.29 is 19.1 Å². The molecule has 0 saturated carbocycles. The Kier molecular flexibility index (Phi) is 6.09. The van der Waals surface area contributed by atoms with Gasteiger partial charge >= 0.3 is 0 Å². The average Bonchev–Trinajstić information content (AvgIpc) is 2.95. The first-order chi connectivity index (χ1) is 13.6. The van der Waals surface area contributed by atoms with Crippen molar-refractivity contribution in [3.8, 4) is 5.75 Å². The Morgan fingerprint density at radius 2 is 1.75 bits per heavy atom. The Morgan fingerprint density at radius 3 is 2.50 bits per heavy atom. The van der Waals surface area contributed by atoms with Gasteiger partial charge < -0.3 is 10.1 Å². The lowest BCUT2D eigenvalue weighted by atomic mass is 10.1. The van der Waals surface area contributed by atoms with Gasteiger partial charge in [-0.2, -0.15) is 0 Å². The van der Waals surface area contributed by atoms with Gasteiger partial charge in [-0.15, -0.1) is 0 Å². The van der Waals surface area contributed by atoms with Crippen LogP contribution in [0.5, 0.6) is 5.75 Å². The molecule has 1 N–H and O–H groups in total. The maximum absolute atomic E-state index is 12.7. The van der Waals surface area contributed by atoms with Crippen LogP contribution in [0.1, 0.15) is 64.2 Å². The Morgan fingerprint density at radius 1 is 1.00 bits per heavy atom. The standard InChI is InChI=1S/C22H24N2O4/c1-3-5-12-24-21(26)16-11-10-15(14-17(16)22(24)27)20(25)23-18-8-6-7-9-19(18)28-13-4-2/h6-11,14H,3-5,12-13H2,1-2H3,(H,23,25). The third kappa shape index (κ3) is 3.91. The van der Waals surface area contributed by atoms with Crippen LogP contribution in [-0.4, -0.2) is 35.8 Å². The molecule has 2 aromatic carbocycles. The zero-order chi connectivity index (χ0) is 20.1. The van der Waals surface area contributed by atoms with E-state index in [4.69, 9.17) is 4.74 Å². The number of hydrogen-bond acceptors (Lipinski definition) is 4. The number of nitrogens with one attached hydrogen (secondary N) is 1. The van der Waals surface area contributed by atoms with Gasteiger partial charge in [0.1, 0.15) is 5.75 Å². The lowest BCUT2D eigenvalue weighted by molar-refractivity contribution is 0.0652. The number of para-hydroxylation sites is 2. The van der Waals surface area contributed by atoms with Crippen LogP contribution in [0.4, 0.5) is 5.69 Å². The summed E-state index contributed by atoms with van der Waals surface area (Å²) in [6.45, 7) is 4.96. The number of anilines is 1. The summed E-state index contributed by atoms with van der Waals surface area (Å²) in [5, 5.41) is 2.82. The van der Waals surface area contributed by atoms with Crippen LogP contribution < -0.4 is 10.1 Å². The molecular weight excluding hydrogens is 356 g/mol. The number of carbonyl (C=O) groups excluding carboxylic acids is 3. The number of imide groups is 1. The molecule has 6 nitrogen and oxygen atoms in total. The van der Waals surface area contributed by atoms with E-state index < -0.39 is 0 Å². The number of rotatable bonds is 8. The van der Waals surface area contributed by atoms with Crippen LogP contribution in [-0.2, 0) is 0 Å². The monoisotopic (exact) mass is 380 g/mol. The Bertz CT molecular complexity index is 907. The first-order valence-corrected chi connectivity index (χ1v) is 9.60. The Balaban J connectivity index is 1.80. The second kappa shape index (κ2) is 8.69. The zero-order valence-corrected chi connectivity index (χ0v) is 16.2. The summed E-state index contributed by atoms with van der Waals surface area (Å²) in [6.07, 6.45) is 2.51. The summed E-state index contributed by atoms with van der Waals surface area (Å²) >= 11 is 0. The molecule has 0 fully saturated rings. The van der Waals surface area contributed by atoms with E-state index in [9.17, 15) is 14.4 Å². The van der Waals surface area contributed by atoms with Gasteiger partial charge in [0.15, 0.2) is 0 Å². The second-order valence-corrected chi connectivity index (χ2v) is 6.67. The number of carbonyl (C=O) groups is 3. The van der Waals surface area contributed by atoms with Crippen molar-refractivity contribution in [1.29, 1.82) is 0 Å². The van der Waals surface area contributed by atoms with E-state index in [0.29, 0.717) is 35.7 Å². The number of hydrogen-bond donors (Lipinski definition) is 1. The number of amides is 3. The van der Waals surface area contributed by atoms with Gasteiger partial charge in [-0.25, -0.2) is 0 Å². The fraction of sp³-hybridized carbons (Fsp3) is 0.318. The van der Waals surface area contributed by atoms with E-state index in [1.807, 2.05) is 26.0 Å². The molecule has 0 unspecified atom stereocenters. The molecule has 6 heteroatoms. The Hall–Kier alpha value is -3.15. The lowest BCUT2D eigenvalue weighted by Crippen LogP contribution is -2.30. The van der Waals surface area contributed by atoms with Gasteiger partial charge in [0.2, 0.25) is 0 Å². The minimum absolute atomic E-state index is 0.282. The highest BCUT2D eigenvalue weighted by molar-refractivity contribution is 6.22. The van der Waals surface area contributed by atoms with Gasteiger partial charge in [-0.05, 0) is 43.2 Å². The van der Waals surface area contributed by atoms with Gasteiger partial charge in [-0.3, -0.25) is 19.3 Å². The molecule has 146 valence electrons. The highest BCUT2D eigenvalue weighted by Crippen LogP contribution is 2.27. The molecule has 1 aliphatic heterocycles. The van der Waals surface area contributed by atoms with Crippen LogP contribution in [0.2, 0.25) is 0 Å². The number of unbranched alkanes of at least 4 members (excludes halogenated alkanes) is 1. The van der Waals surface area contributed by atoms with Crippen molar-refractivity contribution in [2.24, 2.45) is 0 Å². The Labute approximate surface area is 164 Å². The molecule has 1 heterocycles. The number of ether oxygens (including phenoxy) is 1. The molecule has 1 aliphatic rings. The maximum Gasteiger partial charge on any atom is 0.261 e. The van der Waals surface area contributed by atoms with E-state index in [0.717, 1.165) is 19.3 Å². The van der Waals surface area contributed by atoms with E-state index in [1.54, 1.807) is 24.3 Å². The van der Waals surface area contributed by atoms with Gasteiger partial charge in [0.05, 0.1) is 23.4 Å². The highest BCUT2D eigenvalue weighted by atomic mass is 16.5. The average molecular weight is 380 g/mol. The van der Waals surface area contributed by atoms with Crippen molar-refractivity contribution in [2.75, 3.05) is 18.5 Å². The molecule has 0 bridgehead atoms. The van der Waals surface area contributed by atoms with Crippen LogP contribution in [0.15, 0.2) is 42.5 Å². The summed E-state index contributed by atoms with van der Waals surface area (Å²) in [5.74, 6) is -0.396. The van der Waals surface area contributed by atoms with Crippen molar-refractivity contribution in [3.05, 3.63) is 59.2 Å². The first-order valence-electron chi connectivity index (χ1n) is 9.60. The summed E-state index contributed by atoms with van der Waals surface area (Å²) < 4.78 is 5.66. The van der Waals surface area contributed by atoms with E-state index in [1.165, 1.54) is 11.0 Å². The fourth-order valence-corrected chi connectivity index (χ4v) is 3.05.